The number of hydrogen-bond donors (Lipinski definition) is 0. The largest absolute Gasteiger partial charge is 0.489 e. The monoisotopic (exact) mass is 668 g/mol. The van der Waals surface area contributed by atoms with Gasteiger partial charge in [0.25, 0.3) is 5.56 Å². The molecular weight excluding hydrogens is 637 g/mol. The average molecular weight is 669 g/mol. The molecule has 0 amide bonds. The summed E-state index contributed by atoms with van der Waals surface area (Å²) in [6.45, 7) is 2.39. The second-order valence-corrected chi connectivity index (χ2v) is 13.1. The molecule has 7 rings (SSSR count). The smallest absolute Gasteiger partial charge is 0.338 e. The predicted molar refractivity (Wildman–Crippen MR) is 194 cm³/mol. The lowest BCUT2D eigenvalue weighted by Crippen LogP contribution is -2.40. The predicted octanol–water partition coefficient (Wildman–Crippen LogP) is 7.39. The highest BCUT2D eigenvalue weighted by molar-refractivity contribution is 7.98. The molecule has 1 aliphatic heterocycles. The van der Waals surface area contributed by atoms with Crippen LogP contribution < -0.4 is 19.6 Å². The van der Waals surface area contributed by atoms with Gasteiger partial charge < -0.3 is 9.47 Å². The molecule has 0 fully saturated rings. The van der Waals surface area contributed by atoms with Gasteiger partial charge in [0.15, 0.2) is 4.80 Å². The van der Waals surface area contributed by atoms with Crippen LogP contribution in [0.4, 0.5) is 0 Å². The number of thioether (sulfide) groups is 1. The standard InChI is InChI=1S/C40H32N2O4S2/c1-3-45-39(44)35-36(28-13-5-4-6-14-28)41-40-42(37(35)29-19-21-32(47-2)22-20-29)38(43)34(48-40)24-26-11-9-17-31(23-26)46-25-30-16-10-15-27-12-7-8-18-33(27)30/h4-24,37H,3,25H2,1-2H3/b34-24-/t37-/m1/s1. The number of nitrogens with zero attached hydrogens (tertiary/aromatic N) is 2. The fourth-order valence-corrected chi connectivity index (χ4v) is 7.38. The number of esters is 1. The van der Waals surface area contributed by atoms with E-state index in [4.69, 9.17) is 14.5 Å². The minimum Gasteiger partial charge on any atom is -0.489 e. The number of ether oxygens (including phenoxy) is 2. The van der Waals surface area contributed by atoms with Crippen LogP contribution in [0.15, 0.2) is 142 Å². The van der Waals surface area contributed by atoms with Gasteiger partial charge in [-0.1, -0.05) is 108 Å². The zero-order valence-electron chi connectivity index (χ0n) is 26.5. The van der Waals surface area contributed by atoms with Gasteiger partial charge in [0, 0.05) is 10.5 Å². The second kappa shape index (κ2) is 13.9. The van der Waals surface area contributed by atoms with E-state index < -0.39 is 12.0 Å². The average Bonchev–Trinajstić information content (AvgIpc) is 3.44. The molecule has 6 aromatic rings. The lowest BCUT2D eigenvalue weighted by molar-refractivity contribution is -0.138. The first-order valence-corrected chi connectivity index (χ1v) is 17.7. The van der Waals surface area contributed by atoms with E-state index in [9.17, 15) is 9.59 Å². The Bertz CT molecular complexity index is 2340. The number of carbonyl (C=O) groups is 1. The van der Waals surface area contributed by atoms with Crippen LogP contribution in [0.2, 0.25) is 0 Å². The Kier molecular flexibility index (Phi) is 9.09. The number of hydrogen-bond acceptors (Lipinski definition) is 7. The molecule has 0 radical (unpaired) electrons. The summed E-state index contributed by atoms with van der Waals surface area (Å²) in [5.74, 6) is 0.205. The SMILES string of the molecule is CCOC(=O)C1=C(c2ccccc2)N=c2s/c(=C\c3cccc(OCc4cccc5ccccc45)c3)c(=O)n2[C@@H]1c1ccc(SC)cc1. The molecule has 0 saturated heterocycles. The molecule has 1 aromatic heterocycles. The molecule has 0 aliphatic carbocycles. The number of carbonyl (C=O) groups excluding carboxylic acids is 1. The van der Waals surface area contributed by atoms with E-state index in [1.54, 1.807) is 23.3 Å². The van der Waals surface area contributed by atoms with Crippen LogP contribution in [-0.4, -0.2) is 23.4 Å². The van der Waals surface area contributed by atoms with Crippen molar-refractivity contribution in [2.75, 3.05) is 12.9 Å². The third-order valence-corrected chi connectivity index (χ3v) is 9.96. The van der Waals surface area contributed by atoms with Crippen LogP contribution in [0, 0.1) is 0 Å². The molecule has 0 unspecified atom stereocenters. The summed E-state index contributed by atoms with van der Waals surface area (Å²) >= 11 is 2.93. The first kappa shape index (κ1) is 31.4. The van der Waals surface area contributed by atoms with E-state index in [2.05, 4.69) is 24.3 Å². The molecule has 0 spiro atoms. The van der Waals surface area contributed by atoms with E-state index in [1.807, 2.05) is 109 Å². The summed E-state index contributed by atoms with van der Waals surface area (Å²) in [6, 6.07) is 39.0. The summed E-state index contributed by atoms with van der Waals surface area (Å²) in [6.07, 6.45) is 3.87. The first-order valence-electron chi connectivity index (χ1n) is 15.7. The highest BCUT2D eigenvalue weighted by atomic mass is 32.2. The van der Waals surface area contributed by atoms with E-state index in [0.29, 0.717) is 33.0 Å². The normalized spacial score (nSPS) is 14.5. The molecule has 8 heteroatoms. The topological polar surface area (TPSA) is 69.9 Å². The first-order chi connectivity index (χ1) is 23.5. The van der Waals surface area contributed by atoms with Crippen LogP contribution >= 0.6 is 23.1 Å². The van der Waals surface area contributed by atoms with Gasteiger partial charge in [0.2, 0.25) is 0 Å². The van der Waals surface area contributed by atoms with Gasteiger partial charge in [-0.15, -0.1) is 11.8 Å². The van der Waals surface area contributed by atoms with Gasteiger partial charge >= 0.3 is 5.97 Å². The van der Waals surface area contributed by atoms with Crippen LogP contribution in [0.25, 0.3) is 22.5 Å². The number of fused-ring (bicyclic) bond motifs is 2. The third-order valence-electron chi connectivity index (χ3n) is 8.24. The number of thiazole rings is 1. The summed E-state index contributed by atoms with van der Waals surface area (Å²) < 4.78 is 13.9. The maximum atomic E-state index is 14.3. The fraction of sp³-hybridized carbons (Fsp3) is 0.125. The maximum Gasteiger partial charge on any atom is 0.338 e. The number of rotatable bonds is 9. The van der Waals surface area contributed by atoms with Gasteiger partial charge in [-0.3, -0.25) is 9.36 Å². The van der Waals surface area contributed by atoms with Crippen LogP contribution in [0.1, 0.15) is 35.2 Å². The van der Waals surface area contributed by atoms with Gasteiger partial charge in [-0.05, 0) is 71.0 Å². The van der Waals surface area contributed by atoms with Crippen molar-refractivity contribution in [3.63, 3.8) is 0 Å². The number of aromatic nitrogens is 1. The van der Waals surface area contributed by atoms with E-state index in [1.165, 1.54) is 16.7 Å². The van der Waals surface area contributed by atoms with Crippen molar-refractivity contribution in [1.29, 1.82) is 0 Å². The lowest BCUT2D eigenvalue weighted by atomic mass is 9.93. The molecule has 238 valence electrons. The highest BCUT2D eigenvalue weighted by Gasteiger charge is 2.35. The molecule has 0 N–H and O–H groups in total. The van der Waals surface area contributed by atoms with Crippen LogP contribution in [0.3, 0.4) is 0 Å². The minimum atomic E-state index is -0.719. The Morgan fingerprint density at radius 1 is 0.917 bits per heavy atom. The molecule has 48 heavy (non-hydrogen) atoms. The molecule has 5 aromatic carbocycles. The van der Waals surface area contributed by atoms with Crippen LogP contribution in [0.5, 0.6) is 5.75 Å². The van der Waals surface area contributed by atoms with Crippen molar-refractivity contribution in [3.8, 4) is 5.75 Å². The maximum absolute atomic E-state index is 14.3. The van der Waals surface area contributed by atoms with Crippen molar-refractivity contribution < 1.29 is 14.3 Å². The van der Waals surface area contributed by atoms with Crippen molar-refractivity contribution in [2.45, 2.75) is 24.5 Å². The fourth-order valence-electron chi connectivity index (χ4n) is 5.97. The molecule has 1 atom stereocenters. The van der Waals surface area contributed by atoms with E-state index >= 15 is 0 Å². The van der Waals surface area contributed by atoms with Crippen LogP contribution in [-0.2, 0) is 16.1 Å². The van der Waals surface area contributed by atoms with Gasteiger partial charge in [-0.25, -0.2) is 9.79 Å². The third kappa shape index (κ3) is 6.24. The Balaban J connectivity index is 1.32. The summed E-state index contributed by atoms with van der Waals surface area (Å²) in [7, 11) is 0. The summed E-state index contributed by atoms with van der Waals surface area (Å²) in [4.78, 5) is 34.5. The molecular formula is C40H32N2O4S2. The number of benzene rings is 5. The van der Waals surface area contributed by atoms with Gasteiger partial charge in [0.05, 0.1) is 28.5 Å². The Labute approximate surface area is 286 Å². The molecule has 0 saturated carbocycles. The summed E-state index contributed by atoms with van der Waals surface area (Å²) in [5.41, 5.74) is 4.12. The Hall–Kier alpha value is -5.18. The molecule has 0 bridgehead atoms. The van der Waals surface area contributed by atoms with Gasteiger partial charge in [-0.2, -0.15) is 0 Å². The molecule has 1 aliphatic rings. The van der Waals surface area contributed by atoms with Crippen molar-refractivity contribution in [1.82, 2.24) is 4.57 Å². The van der Waals surface area contributed by atoms with Gasteiger partial charge in [0.1, 0.15) is 12.4 Å². The van der Waals surface area contributed by atoms with Crippen molar-refractivity contribution in [3.05, 3.63) is 169 Å². The lowest BCUT2D eigenvalue weighted by Gasteiger charge is -2.26. The molecule has 6 nitrogen and oxygen atoms in total. The van der Waals surface area contributed by atoms with Crippen molar-refractivity contribution >= 4 is 51.6 Å². The van der Waals surface area contributed by atoms with E-state index in [0.717, 1.165) is 32.5 Å². The zero-order valence-corrected chi connectivity index (χ0v) is 28.1. The Morgan fingerprint density at radius 3 is 2.46 bits per heavy atom. The quantitative estimate of drug-likeness (QED) is 0.119. The molecule has 2 heterocycles. The summed E-state index contributed by atoms with van der Waals surface area (Å²) in [5, 5.41) is 2.33. The highest BCUT2D eigenvalue weighted by Crippen LogP contribution is 2.35. The Morgan fingerprint density at radius 2 is 1.67 bits per heavy atom. The second-order valence-electron chi connectivity index (χ2n) is 11.2. The zero-order chi connectivity index (χ0) is 33.0. The van der Waals surface area contributed by atoms with Crippen molar-refractivity contribution in [2.24, 2.45) is 4.99 Å². The van der Waals surface area contributed by atoms with E-state index in [-0.39, 0.29) is 12.2 Å². The minimum absolute atomic E-state index is 0.200.